The second-order valence-electron chi connectivity index (χ2n) is 4.43. The van der Waals surface area contributed by atoms with Gasteiger partial charge < -0.3 is 5.73 Å². The highest BCUT2D eigenvalue weighted by Crippen LogP contribution is 2.27. The summed E-state index contributed by atoms with van der Waals surface area (Å²) in [6.07, 6.45) is 0.383. The molecule has 0 aliphatic rings. The number of halogens is 3. The van der Waals surface area contributed by atoms with Gasteiger partial charge >= 0.3 is 0 Å². The van der Waals surface area contributed by atoms with Crippen molar-refractivity contribution in [2.24, 2.45) is 5.84 Å². The molecule has 0 aliphatic heterocycles. The van der Waals surface area contributed by atoms with Crippen LogP contribution in [0.1, 0.15) is 17.2 Å². The number of anilines is 1. The molecule has 0 heterocycles. The number of hydrogen-bond donors (Lipinski definition) is 3. The summed E-state index contributed by atoms with van der Waals surface area (Å²) in [5.41, 5.74) is 10.5. The molecule has 6 heteroatoms. The van der Waals surface area contributed by atoms with E-state index in [1.165, 1.54) is 6.07 Å². The fourth-order valence-electron chi connectivity index (χ4n) is 2.04. The highest BCUT2D eigenvalue weighted by molar-refractivity contribution is 9.10. The average Bonchev–Trinajstić information content (AvgIpc) is 2.40. The number of nitrogen functional groups attached to an aromatic ring is 1. The summed E-state index contributed by atoms with van der Waals surface area (Å²) in [5, 5.41) is 0.552. The summed E-state index contributed by atoms with van der Waals surface area (Å²) in [6, 6.07) is 9.67. The van der Waals surface area contributed by atoms with Crippen LogP contribution in [-0.4, -0.2) is 0 Å². The average molecular weight is 359 g/mol. The van der Waals surface area contributed by atoms with Crippen LogP contribution in [0.4, 0.5) is 10.1 Å². The van der Waals surface area contributed by atoms with E-state index in [0.717, 1.165) is 10.0 Å². The maximum absolute atomic E-state index is 13.8. The van der Waals surface area contributed by atoms with Gasteiger partial charge in [0.25, 0.3) is 0 Å². The Morgan fingerprint density at radius 1 is 1.25 bits per heavy atom. The van der Waals surface area contributed by atoms with E-state index in [2.05, 4.69) is 21.4 Å². The van der Waals surface area contributed by atoms with Crippen molar-refractivity contribution in [3.05, 3.63) is 62.8 Å². The molecule has 1 atom stereocenters. The minimum Gasteiger partial charge on any atom is -0.398 e. The van der Waals surface area contributed by atoms with Crippen LogP contribution in [0, 0.1) is 5.82 Å². The van der Waals surface area contributed by atoms with Gasteiger partial charge in [-0.1, -0.05) is 33.6 Å². The van der Waals surface area contributed by atoms with Crippen molar-refractivity contribution >= 4 is 33.2 Å². The van der Waals surface area contributed by atoms with Gasteiger partial charge in [-0.15, -0.1) is 0 Å². The number of hydrazine groups is 1. The highest BCUT2D eigenvalue weighted by Gasteiger charge is 2.16. The molecule has 0 fully saturated rings. The van der Waals surface area contributed by atoms with Crippen LogP contribution >= 0.6 is 27.5 Å². The van der Waals surface area contributed by atoms with E-state index < -0.39 is 0 Å². The van der Waals surface area contributed by atoms with Crippen LogP contribution in [0.2, 0.25) is 5.02 Å². The van der Waals surface area contributed by atoms with Gasteiger partial charge in [0.15, 0.2) is 0 Å². The molecule has 0 bridgehead atoms. The Balaban J connectivity index is 2.31. The lowest BCUT2D eigenvalue weighted by Gasteiger charge is -2.19. The largest absolute Gasteiger partial charge is 0.398 e. The molecule has 0 saturated carbocycles. The lowest BCUT2D eigenvalue weighted by molar-refractivity contribution is 0.530. The monoisotopic (exact) mass is 357 g/mol. The molecule has 0 saturated heterocycles. The first kappa shape index (κ1) is 15.3. The molecule has 1 unspecified atom stereocenters. The van der Waals surface area contributed by atoms with Gasteiger partial charge in [0, 0.05) is 15.2 Å². The molecule has 0 radical (unpaired) electrons. The number of hydrogen-bond acceptors (Lipinski definition) is 3. The maximum atomic E-state index is 13.8. The molecule has 106 valence electrons. The first-order valence-electron chi connectivity index (χ1n) is 5.96. The van der Waals surface area contributed by atoms with Crippen molar-refractivity contribution in [1.82, 2.24) is 5.43 Å². The molecule has 0 aromatic heterocycles. The van der Waals surface area contributed by atoms with Crippen LogP contribution < -0.4 is 17.0 Å². The lowest BCUT2D eigenvalue weighted by Crippen LogP contribution is -2.30. The molecule has 2 aromatic carbocycles. The number of benzene rings is 2. The van der Waals surface area contributed by atoms with Crippen molar-refractivity contribution < 1.29 is 4.39 Å². The SMILES string of the molecule is NNC(Cc1cc(Br)ccc1F)c1ccc(Cl)cc1N. The normalized spacial score (nSPS) is 12.4. The standard InChI is InChI=1S/C14H14BrClFN3/c15-9-1-4-12(17)8(5-9)6-14(20-19)11-3-2-10(16)7-13(11)18/h1-5,7,14,20H,6,18-19H2. The fraction of sp³-hybridized carbons (Fsp3) is 0.143. The van der Waals surface area contributed by atoms with Crippen molar-refractivity contribution in [2.45, 2.75) is 12.5 Å². The Morgan fingerprint density at radius 3 is 2.65 bits per heavy atom. The maximum Gasteiger partial charge on any atom is 0.126 e. The predicted molar refractivity (Wildman–Crippen MR) is 83.7 cm³/mol. The first-order valence-corrected chi connectivity index (χ1v) is 7.13. The first-order chi connectivity index (χ1) is 9.51. The van der Waals surface area contributed by atoms with E-state index in [1.807, 2.05) is 0 Å². The fourth-order valence-corrected chi connectivity index (χ4v) is 2.63. The van der Waals surface area contributed by atoms with Crippen LogP contribution in [0.15, 0.2) is 40.9 Å². The van der Waals surface area contributed by atoms with Crippen LogP contribution in [0.25, 0.3) is 0 Å². The van der Waals surface area contributed by atoms with E-state index in [1.54, 1.807) is 30.3 Å². The Bertz CT molecular complexity index is 621. The van der Waals surface area contributed by atoms with Gasteiger partial charge in [-0.25, -0.2) is 4.39 Å². The predicted octanol–water partition coefficient (Wildman–Crippen LogP) is 3.57. The molecule has 0 amide bonds. The molecule has 0 aliphatic carbocycles. The van der Waals surface area contributed by atoms with E-state index >= 15 is 0 Å². The van der Waals surface area contributed by atoms with Gasteiger partial charge in [-0.05, 0) is 47.9 Å². The topological polar surface area (TPSA) is 64.1 Å². The van der Waals surface area contributed by atoms with Gasteiger partial charge in [0.05, 0.1) is 6.04 Å². The number of nitrogens with one attached hydrogen (secondary N) is 1. The third kappa shape index (κ3) is 3.49. The Labute approximate surface area is 130 Å². The molecule has 2 aromatic rings. The van der Waals surface area contributed by atoms with Crippen LogP contribution in [0.5, 0.6) is 0 Å². The number of rotatable bonds is 4. The van der Waals surface area contributed by atoms with E-state index in [0.29, 0.717) is 22.7 Å². The summed E-state index contributed by atoms with van der Waals surface area (Å²) in [6.45, 7) is 0. The number of nitrogens with two attached hydrogens (primary N) is 2. The smallest absolute Gasteiger partial charge is 0.126 e. The van der Waals surface area contributed by atoms with E-state index in [9.17, 15) is 4.39 Å². The van der Waals surface area contributed by atoms with E-state index in [4.69, 9.17) is 23.2 Å². The molecule has 3 nitrogen and oxygen atoms in total. The summed E-state index contributed by atoms with van der Waals surface area (Å²) in [5.74, 6) is 5.30. The zero-order valence-corrected chi connectivity index (χ0v) is 12.9. The third-order valence-electron chi connectivity index (χ3n) is 3.06. The highest BCUT2D eigenvalue weighted by atomic mass is 79.9. The molecular formula is C14H14BrClFN3. The Hall–Kier alpha value is -1.14. The third-order valence-corrected chi connectivity index (χ3v) is 3.79. The van der Waals surface area contributed by atoms with Crippen molar-refractivity contribution in [2.75, 3.05) is 5.73 Å². The van der Waals surface area contributed by atoms with Gasteiger partial charge in [0.1, 0.15) is 5.82 Å². The second kappa shape index (κ2) is 6.54. The lowest BCUT2D eigenvalue weighted by atomic mass is 9.98. The molecule has 2 rings (SSSR count). The summed E-state index contributed by atoms with van der Waals surface area (Å²) in [4.78, 5) is 0. The van der Waals surface area contributed by atoms with Gasteiger partial charge in [-0.3, -0.25) is 11.3 Å². The molecular weight excluding hydrogens is 345 g/mol. The Kier molecular flexibility index (Phi) is 4.99. The minimum atomic E-state index is -0.295. The zero-order valence-electron chi connectivity index (χ0n) is 10.5. The Morgan fingerprint density at radius 2 is 2.00 bits per heavy atom. The summed E-state index contributed by atoms with van der Waals surface area (Å²) in [7, 11) is 0. The second-order valence-corrected chi connectivity index (χ2v) is 5.78. The van der Waals surface area contributed by atoms with Crippen LogP contribution in [0.3, 0.4) is 0 Å². The van der Waals surface area contributed by atoms with Crippen molar-refractivity contribution in [1.29, 1.82) is 0 Å². The van der Waals surface area contributed by atoms with Gasteiger partial charge in [0.2, 0.25) is 0 Å². The quantitative estimate of drug-likeness (QED) is 0.445. The molecule has 0 spiro atoms. The molecule has 20 heavy (non-hydrogen) atoms. The van der Waals surface area contributed by atoms with E-state index in [-0.39, 0.29) is 11.9 Å². The molecule has 5 N–H and O–H groups in total. The van der Waals surface area contributed by atoms with Crippen molar-refractivity contribution in [3.63, 3.8) is 0 Å². The van der Waals surface area contributed by atoms with Crippen LogP contribution in [-0.2, 0) is 6.42 Å². The zero-order chi connectivity index (χ0) is 14.7. The van der Waals surface area contributed by atoms with Gasteiger partial charge in [-0.2, -0.15) is 0 Å². The summed E-state index contributed by atoms with van der Waals surface area (Å²) >= 11 is 9.20. The minimum absolute atomic E-state index is 0.277. The van der Waals surface area contributed by atoms with Crippen molar-refractivity contribution in [3.8, 4) is 0 Å². The summed E-state index contributed by atoms with van der Waals surface area (Å²) < 4.78 is 14.6.